The van der Waals surface area contributed by atoms with E-state index in [1.165, 1.54) is 31.7 Å². The maximum Gasteiger partial charge on any atom is 0.0238 e. The van der Waals surface area contributed by atoms with Gasteiger partial charge >= 0.3 is 0 Å². The van der Waals surface area contributed by atoms with Crippen molar-refractivity contribution >= 4 is 34.3 Å². The normalized spacial score (nSPS) is 10.9. The number of thioether (sulfide) groups is 2. The van der Waals surface area contributed by atoms with Crippen molar-refractivity contribution in [3.05, 3.63) is 108 Å². The van der Waals surface area contributed by atoms with Crippen molar-refractivity contribution in [2.24, 2.45) is 0 Å². The third kappa shape index (κ3) is 4.14. The second-order valence-electron chi connectivity index (χ2n) is 6.13. The molecule has 4 aromatic carbocycles. The zero-order valence-corrected chi connectivity index (χ0v) is 16.1. The first-order valence-corrected chi connectivity index (χ1v) is 10.7. The molecule has 0 fully saturated rings. The molecule has 4 aromatic rings. The SMILES string of the molecule is c1ccc(SCc2ccc(CSc3ccccc3)c3ccccc23)cc1. The van der Waals surface area contributed by atoms with Gasteiger partial charge in [0.2, 0.25) is 0 Å². The van der Waals surface area contributed by atoms with Crippen LogP contribution in [0.2, 0.25) is 0 Å². The number of rotatable bonds is 6. The van der Waals surface area contributed by atoms with E-state index in [0.29, 0.717) is 0 Å². The quantitative estimate of drug-likeness (QED) is 0.323. The van der Waals surface area contributed by atoms with Gasteiger partial charge in [0.05, 0.1) is 0 Å². The number of benzene rings is 4. The Morgan fingerprint density at radius 3 is 1.23 bits per heavy atom. The molecule has 0 radical (unpaired) electrons. The van der Waals surface area contributed by atoms with Gasteiger partial charge in [-0.3, -0.25) is 0 Å². The Bertz CT molecular complexity index is 897. The summed E-state index contributed by atoms with van der Waals surface area (Å²) in [5.74, 6) is 1.99. The minimum atomic E-state index is 0.997. The lowest BCUT2D eigenvalue weighted by Crippen LogP contribution is -1.90. The largest absolute Gasteiger partial charge is 0.121 e. The minimum Gasteiger partial charge on any atom is -0.121 e. The molecule has 0 nitrogen and oxygen atoms in total. The maximum absolute atomic E-state index is 2.30. The lowest BCUT2D eigenvalue weighted by atomic mass is 10.0. The van der Waals surface area contributed by atoms with E-state index in [-0.39, 0.29) is 0 Å². The molecule has 4 rings (SSSR count). The molecule has 0 unspecified atom stereocenters. The lowest BCUT2D eigenvalue weighted by molar-refractivity contribution is 1.37. The summed E-state index contributed by atoms with van der Waals surface area (Å²) < 4.78 is 0. The van der Waals surface area contributed by atoms with Crippen LogP contribution in [-0.4, -0.2) is 0 Å². The first-order valence-electron chi connectivity index (χ1n) is 8.75. The van der Waals surface area contributed by atoms with Gasteiger partial charge in [-0.1, -0.05) is 72.8 Å². The van der Waals surface area contributed by atoms with Crippen molar-refractivity contribution in [3.8, 4) is 0 Å². The zero-order valence-electron chi connectivity index (χ0n) is 14.5. The molecule has 0 aromatic heterocycles. The minimum absolute atomic E-state index is 0.997. The monoisotopic (exact) mass is 372 g/mol. The molecular formula is C24H20S2. The summed E-state index contributed by atoms with van der Waals surface area (Å²) in [6, 6.07) is 34.7. The number of hydrogen-bond donors (Lipinski definition) is 0. The molecule has 0 atom stereocenters. The van der Waals surface area contributed by atoms with Gasteiger partial charge in [-0.15, -0.1) is 23.5 Å². The van der Waals surface area contributed by atoms with Crippen LogP contribution in [-0.2, 0) is 11.5 Å². The molecule has 0 amide bonds. The van der Waals surface area contributed by atoms with Gasteiger partial charge in [0, 0.05) is 21.3 Å². The highest BCUT2D eigenvalue weighted by Gasteiger charge is 2.07. The fourth-order valence-electron chi connectivity index (χ4n) is 3.03. The predicted molar refractivity (Wildman–Crippen MR) is 116 cm³/mol. The molecule has 0 aliphatic rings. The van der Waals surface area contributed by atoms with E-state index in [1.807, 2.05) is 23.5 Å². The van der Waals surface area contributed by atoms with Crippen LogP contribution in [0.4, 0.5) is 0 Å². The van der Waals surface area contributed by atoms with Crippen molar-refractivity contribution in [2.75, 3.05) is 0 Å². The average molecular weight is 373 g/mol. The van der Waals surface area contributed by atoms with Crippen LogP contribution in [0.3, 0.4) is 0 Å². The van der Waals surface area contributed by atoms with Crippen molar-refractivity contribution in [2.45, 2.75) is 21.3 Å². The molecule has 0 heterocycles. The fourth-order valence-corrected chi connectivity index (χ4v) is 4.88. The highest BCUT2D eigenvalue weighted by Crippen LogP contribution is 2.32. The van der Waals surface area contributed by atoms with Gasteiger partial charge in [-0.2, -0.15) is 0 Å². The third-order valence-corrected chi connectivity index (χ3v) is 6.50. The summed E-state index contributed by atoms with van der Waals surface area (Å²) in [7, 11) is 0. The summed E-state index contributed by atoms with van der Waals surface area (Å²) >= 11 is 3.80. The molecule has 0 aliphatic heterocycles. The van der Waals surface area contributed by atoms with Gasteiger partial charge in [0.25, 0.3) is 0 Å². The first-order chi connectivity index (χ1) is 12.9. The standard InChI is InChI=1S/C24H20S2/c1-3-9-21(10-4-1)25-17-19-15-16-20(24-14-8-7-13-23(19)24)18-26-22-11-5-2-6-12-22/h1-16H,17-18H2. The topological polar surface area (TPSA) is 0 Å². The molecule has 0 N–H and O–H groups in total. The Morgan fingerprint density at radius 2 is 0.808 bits per heavy atom. The van der Waals surface area contributed by atoms with Crippen molar-refractivity contribution in [3.63, 3.8) is 0 Å². The van der Waals surface area contributed by atoms with E-state index in [0.717, 1.165) is 11.5 Å². The van der Waals surface area contributed by atoms with Gasteiger partial charge in [0.1, 0.15) is 0 Å². The summed E-state index contributed by atoms with van der Waals surface area (Å²) in [5, 5.41) is 2.75. The molecule has 0 bridgehead atoms. The van der Waals surface area contributed by atoms with Gasteiger partial charge in [-0.05, 0) is 46.2 Å². The highest BCUT2D eigenvalue weighted by molar-refractivity contribution is 7.98. The van der Waals surface area contributed by atoms with Crippen LogP contribution in [0.5, 0.6) is 0 Å². The van der Waals surface area contributed by atoms with Crippen LogP contribution in [0, 0.1) is 0 Å². The molecule has 26 heavy (non-hydrogen) atoms. The molecule has 128 valence electrons. The Labute approximate surface area is 163 Å². The number of fused-ring (bicyclic) bond motifs is 1. The van der Waals surface area contributed by atoms with E-state index in [9.17, 15) is 0 Å². The third-order valence-electron chi connectivity index (χ3n) is 4.38. The molecule has 0 aliphatic carbocycles. The Kier molecular flexibility index (Phi) is 5.63. The van der Waals surface area contributed by atoms with Gasteiger partial charge < -0.3 is 0 Å². The fraction of sp³-hybridized carbons (Fsp3) is 0.0833. The van der Waals surface area contributed by atoms with Crippen LogP contribution in [0.25, 0.3) is 10.8 Å². The van der Waals surface area contributed by atoms with Crippen LogP contribution in [0.1, 0.15) is 11.1 Å². The van der Waals surface area contributed by atoms with E-state index in [4.69, 9.17) is 0 Å². The Morgan fingerprint density at radius 1 is 0.423 bits per heavy atom. The van der Waals surface area contributed by atoms with Gasteiger partial charge in [0.15, 0.2) is 0 Å². The average Bonchev–Trinajstić information content (AvgIpc) is 2.72. The maximum atomic E-state index is 2.30. The van der Waals surface area contributed by atoms with E-state index in [2.05, 4.69) is 97.1 Å². The van der Waals surface area contributed by atoms with Crippen molar-refractivity contribution in [1.29, 1.82) is 0 Å². The van der Waals surface area contributed by atoms with E-state index < -0.39 is 0 Å². The summed E-state index contributed by atoms with van der Waals surface area (Å²) in [6.07, 6.45) is 0. The first kappa shape index (κ1) is 17.3. The molecular weight excluding hydrogens is 352 g/mol. The lowest BCUT2D eigenvalue weighted by Gasteiger charge is -2.11. The van der Waals surface area contributed by atoms with Crippen LogP contribution >= 0.6 is 23.5 Å². The van der Waals surface area contributed by atoms with Gasteiger partial charge in [-0.25, -0.2) is 0 Å². The Balaban J connectivity index is 1.57. The summed E-state index contributed by atoms with van der Waals surface area (Å²) in [5.41, 5.74) is 2.81. The molecule has 2 heteroatoms. The second kappa shape index (κ2) is 8.48. The summed E-state index contributed by atoms with van der Waals surface area (Å²) in [6.45, 7) is 0. The van der Waals surface area contributed by atoms with Crippen molar-refractivity contribution < 1.29 is 0 Å². The van der Waals surface area contributed by atoms with Crippen LogP contribution in [0.15, 0.2) is 107 Å². The Hall–Kier alpha value is -2.16. The van der Waals surface area contributed by atoms with Crippen LogP contribution < -0.4 is 0 Å². The molecule has 0 spiro atoms. The molecule has 0 saturated carbocycles. The summed E-state index contributed by atoms with van der Waals surface area (Å²) in [4.78, 5) is 2.64. The highest BCUT2D eigenvalue weighted by atomic mass is 32.2. The van der Waals surface area contributed by atoms with Crippen molar-refractivity contribution in [1.82, 2.24) is 0 Å². The van der Waals surface area contributed by atoms with E-state index in [1.54, 1.807) is 0 Å². The smallest absolute Gasteiger partial charge is 0.0238 e. The molecule has 0 saturated heterocycles. The zero-order chi connectivity index (χ0) is 17.6. The predicted octanol–water partition coefficient (Wildman–Crippen LogP) is 7.42. The number of hydrogen-bond acceptors (Lipinski definition) is 2. The second-order valence-corrected chi connectivity index (χ2v) is 8.23. The van der Waals surface area contributed by atoms with E-state index >= 15 is 0 Å².